The monoisotopic (exact) mass is 342 g/mol. The maximum atomic E-state index is 9.22. The van der Waals surface area contributed by atoms with E-state index in [4.69, 9.17) is 0 Å². The Balaban J connectivity index is 1.62. The first-order valence-electron chi connectivity index (χ1n) is 9.14. The number of hydrogen-bond acceptors (Lipinski definition) is 3. The van der Waals surface area contributed by atoms with Crippen LogP contribution in [0.2, 0.25) is 0 Å². The van der Waals surface area contributed by atoms with Crippen LogP contribution < -0.4 is 0 Å². The highest BCUT2D eigenvalue weighted by molar-refractivity contribution is 5.71. The number of benzene rings is 2. The summed E-state index contributed by atoms with van der Waals surface area (Å²) in [6, 6.07) is 21.0. The Morgan fingerprint density at radius 2 is 1.81 bits per heavy atom. The minimum Gasteiger partial charge on any atom is -0.310 e. The Bertz CT molecular complexity index is 923. The predicted octanol–water partition coefficient (Wildman–Crippen LogP) is 4.65. The van der Waals surface area contributed by atoms with Crippen molar-refractivity contribution < 1.29 is 0 Å². The van der Waals surface area contributed by atoms with E-state index in [-0.39, 0.29) is 0 Å². The van der Waals surface area contributed by atoms with Gasteiger partial charge in [-0.15, -0.1) is 0 Å². The molecule has 1 saturated heterocycles. The average Bonchev–Trinajstić information content (AvgIpc) is 3.35. The highest BCUT2D eigenvalue weighted by Gasteiger charge is 2.33. The van der Waals surface area contributed by atoms with Crippen LogP contribution in [0.5, 0.6) is 0 Å². The third-order valence-corrected chi connectivity index (χ3v) is 5.37. The van der Waals surface area contributed by atoms with E-state index in [0.717, 1.165) is 36.5 Å². The first kappa shape index (κ1) is 16.4. The van der Waals surface area contributed by atoms with Gasteiger partial charge in [-0.25, -0.2) is 0 Å². The van der Waals surface area contributed by atoms with Gasteiger partial charge in [0, 0.05) is 30.3 Å². The molecule has 2 heterocycles. The van der Waals surface area contributed by atoms with Crippen molar-refractivity contribution in [1.82, 2.24) is 15.1 Å². The number of hydrogen-bond donors (Lipinski definition) is 1. The summed E-state index contributed by atoms with van der Waals surface area (Å²) in [6.07, 6.45) is 3.36. The molecule has 0 saturated carbocycles. The van der Waals surface area contributed by atoms with Crippen molar-refractivity contribution in [2.45, 2.75) is 19.3 Å². The molecule has 4 nitrogen and oxygen atoms in total. The summed E-state index contributed by atoms with van der Waals surface area (Å²) in [5, 5.41) is 17.0. The van der Waals surface area contributed by atoms with Crippen LogP contribution in [0.25, 0.3) is 22.4 Å². The Morgan fingerprint density at radius 3 is 2.58 bits per heavy atom. The molecule has 1 fully saturated rings. The summed E-state index contributed by atoms with van der Waals surface area (Å²) < 4.78 is 0. The normalized spacial score (nSPS) is 19.5. The number of nitrogens with zero attached hydrogens (tertiary/aromatic N) is 3. The van der Waals surface area contributed by atoms with Gasteiger partial charge in [-0.05, 0) is 29.2 Å². The molecule has 1 N–H and O–H groups in total. The fourth-order valence-corrected chi connectivity index (χ4v) is 3.88. The van der Waals surface area contributed by atoms with E-state index in [0.29, 0.717) is 11.8 Å². The molecule has 4 rings (SSSR count). The van der Waals surface area contributed by atoms with Crippen molar-refractivity contribution in [3.8, 4) is 28.6 Å². The molecular formula is C22H22N4. The van der Waals surface area contributed by atoms with Gasteiger partial charge >= 0.3 is 0 Å². The Labute approximate surface area is 154 Å². The molecule has 0 amide bonds. The second kappa shape index (κ2) is 7.05. The maximum absolute atomic E-state index is 9.22. The van der Waals surface area contributed by atoms with Crippen molar-refractivity contribution >= 4 is 0 Å². The molecule has 0 aliphatic carbocycles. The van der Waals surface area contributed by atoms with Gasteiger partial charge in [0.2, 0.25) is 0 Å². The summed E-state index contributed by atoms with van der Waals surface area (Å²) >= 11 is 0. The second-order valence-electron chi connectivity index (χ2n) is 6.94. The maximum Gasteiger partial charge on any atom is 0.179 e. The van der Waals surface area contributed by atoms with Crippen LogP contribution in [0, 0.1) is 17.4 Å². The molecule has 2 atom stereocenters. The number of H-pyrrole nitrogens is 1. The predicted molar refractivity (Wildman–Crippen MR) is 103 cm³/mol. The summed E-state index contributed by atoms with van der Waals surface area (Å²) in [4.78, 5) is 1.86. The largest absolute Gasteiger partial charge is 0.310 e. The molecule has 26 heavy (non-hydrogen) atoms. The van der Waals surface area contributed by atoms with Crippen molar-refractivity contribution in [2.24, 2.45) is 5.92 Å². The third-order valence-electron chi connectivity index (χ3n) is 5.37. The van der Waals surface area contributed by atoms with Crippen LogP contribution in [0.15, 0.2) is 60.7 Å². The highest BCUT2D eigenvalue weighted by atomic mass is 15.2. The van der Waals surface area contributed by atoms with Crippen LogP contribution in [-0.4, -0.2) is 28.2 Å². The number of nitriles is 1. The molecule has 4 heteroatoms. The van der Waals surface area contributed by atoms with Gasteiger partial charge in [0.15, 0.2) is 6.19 Å². The van der Waals surface area contributed by atoms with Gasteiger partial charge in [0.1, 0.15) is 0 Å². The molecule has 0 bridgehead atoms. The minimum atomic E-state index is 0.346. The van der Waals surface area contributed by atoms with Gasteiger partial charge in [0.25, 0.3) is 0 Å². The van der Waals surface area contributed by atoms with E-state index in [9.17, 15) is 5.26 Å². The van der Waals surface area contributed by atoms with Crippen LogP contribution in [-0.2, 0) is 0 Å². The van der Waals surface area contributed by atoms with Crippen LogP contribution >= 0.6 is 0 Å². The zero-order valence-electron chi connectivity index (χ0n) is 14.9. The van der Waals surface area contributed by atoms with E-state index >= 15 is 0 Å². The number of aromatic amines is 1. The van der Waals surface area contributed by atoms with E-state index < -0.39 is 0 Å². The third kappa shape index (κ3) is 3.09. The fourth-order valence-electron chi connectivity index (χ4n) is 3.88. The molecule has 0 unspecified atom stereocenters. The number of aromatic nitrogens is 2. The van der Waals surface area contributed by atoms with Crippen molar-refractivity contribution in [3.63, 3.8) is 0 Å². The summed E-state index contributed by atoms with van der Waals surface area (Å²) in [6.45, 7) is 3.81. The molecule has 2 aromatic carbocycles. The quantitative estimate of drug-likeness (QED) is 0.702. The van der Waals surface area contributed by atoms with E-state index in [1.165, 1.54) is 11.1 Å². The number of likely N-dealkylation sites (tertiary alicyclic amines) is 1. The van der Waals surface area contributed by atoms with Gasteiger partial charge in [-0.3, -0.25) is 5.10 Å². The van der Waals surface area contributed by atoms with Crippen LogP contribution in [0.1, 0.15) is 25.0 Å². The van der Waals surface area contributed by atoms with Crippen molar-refractivity contribution in [3.05, 3.63) is 66.4 Å². The number of nitrogens with one attached hydrogen (secondary N) is 1. The van der Waals surface area contributed by atoms with Gasteiger partial charge in [-0.1, -0.05) is 61.9 Å². The van der Waals surface area contributed by atoms with Crippen LogP contribution in [0.3, 0.4) is 0 Å². The molecule has 0 spiro atoms. The number of rotatable bonds is 4. The Kier molecular flexibility index (Phi) is 4.45. The van der Waals surface area contributed by atoms with Crippen LogP contribution in [0.4, 0.5) is 0 Å². The molecule has 1 aliphatic rings. The summed E-state index contributed by atoms with van der Waals surface area (Å²) in [5.74, 6) is 0.844. The summed E-state index contributed by atoms with van der Waals surface area (Å²) in [5.41, 5.74) is 5.60. The lowest BCUT2D eigenvalue weighted by atomic mass is 9.90. The van der Waals surface area contributed by atoms with Crippen molar-refractivity contribution in [2.75, 3.05) is 13.1 Å². The van der Waals surface area contributed by atoms with Gasteiger partial charge < -0.3 is 4.90 Å². The molecule has 0 radical (unpaired) electrons. The van der Waals surface area contributed by atoms with E-state index in [1.807, 2.05) is 11.0 Å². The zero-order valence-corrected chi connectivity index (χ0v) is 14.9. The standard InChI is InChI=1S/C22H22N4/c1-2-16-13-26(15-23)14-20(16)22-12-21(24-25-22)19-10-6-9-18(11-19)17-7-4-3-5-8-17/h3-12,16,20H,2,13-14H2,1H3,(H,24,25)/t16-,20-/m0/s1. The Hall–Kier alpha value is -3.06. The zero-order chi connectivity index (χ0) is 17.9. The SMILES string of the molecule is CC[C@H]1CN(C#N)C[C@@H]1c1cc(-c2cccc(-c3ccccc3)c2)n[nH]1. The first-order valence-corrected chi connectivity index (χ1v) is 9.14. The fraction of sp³-hybridized carbons (Fsp3) is 0.273. The molecule has 130 valence electrons. The second-order valence-corrected chi connectivity index (χ2v) is 6.94. The molecule has 3 aromatic rings. The Morgan fingerprint density at radius 1 is 1.04 bits per heavy atom. The smallest absolute Gasteiger partial charge is 0.179 e. The van der Waals surface area contributed by atoms with E-state index in [2.05, 4.69) is 77.9 Å². The molecule has 1 aromatic heterocycles. The van der Waals surface area contributed by atoms with Gasteiger partial charge in [0.05, 0.1) is 5.69 Å². The van der Waals surface area contributed by atoms with Crippen molar-refractivity contribution in [1.29, 1.82) is 5.26 Å². The lowest BCUT2D eigenvalue weighted by Crippen LogP contribution is -2.13. The summed E-state index contributed by atoms with van der Waals surface area (Å²) in [7, 11) is 0. The molecule has 1 aliphatic heterocycles. The lowest BCUT2D eigenvalue weighted by molar-refractivity contribution is 0.446. The average molecular weight is 342 g/mol. The first-order chi connectivity index (χ1) is 12.8. The van der Waals surface area contributed by atoms with E-state index in [1.54, 1.807) is 0 Å². The highest BCUT2D eigenvalue weighted by Crippen LogP contribution is 2.35. The minimum absolute atomic E-state index is 0.346. The molecular weight excluding hydrogens is 320 g/mol. The lowest BCUT2D eigenvalue weighted by Gasteiger charge is -2.13. The van der Waals surface area contributed by atoms with Gasteiger partial charge in [-0.2, -0.15) is 10.4 Å². The topological polar surface area (TPSA) is 55.7 Å².